The summed E-state index contributed by atoms with van der Waals surface area (Å²) in [5.41, 5.74) is -2.19. The lowest BCUT2D eigenvalue weighted by Gasteiger charge is -2.60. The fraction of sp³-hybridized carbons (Fsp3) is 0.857. The van der Waals surface area contributed by atoms with E-state index < -0.39 is 34.8 Å². The number of carbonyl (C=O) groups is 4. The number of fused-ring (bicyclic) bond motifs is 2. The standard InChI is InChI=1S/C28H40O7/c1-7-15(2)24(32)34-21-22-25(5)11-9-19(31)14-18(25)8-12-27(22)28(35-27)13-10-20(16(3)29)26(28,6)23(21)33-17(4)30/h15,18,20-23H,7-14H2,1-6H3/t15?,18-,20-,21-,22+,23+,25-,26-,27-,28+/m0/s1. The maximum absolute atomic E-state index is 13.3. The van der Waals surface area contributed by atoms with Gasteiger partial charge in [-0.25, -0.2) is 0 Å². The number of hydrogen-bond acceptors (Lipinski definition) is 7. The van der Waals surface area contributed by atoms with Crippen molar-refractivity contribution in [2.24, 2.45) is 34.5 Å². The van der Waals surface area contributed by atoms with Gasteiger partial charge in [0, 0.05) is 37.0 Å². The van der Waals surface area contributed by atoms with Crippen LogP contribution in [-0.2, 0) is 33.4 Å². The molecular weight excluding hydrogens is 448 g/mol. The van der Waals surface area contributed by atoms with Gasteiger partial charge in [0.2, 0.25) is 0 Å². The third-order valence-electron chi connectivity index (χ3n) is 11.1. The molecule has 0 radical (unpaired) electrons. The maximum atomic E-state index is 13.3. The summed E-state index contributed by atoms with van der Waals surface area (Å²) in [5, 5.41) is 0. The van der Waals surface area contributed by atoms with Crippen molar-refractivity contribution < 1.29 is 33.4 Å². The van der Waals surface area contributed by atoms with Crippen molar-refractivity contribution in [1.29, 1.82) is 0 Å². The molecule has 7 nitrogen and oxygen atoms in total. The molecule has 1 saturated heterocycles. The van der Waals surface area contributed by atoms with Crippen molar-refractivity contribution >= 4 is 23.5 Å². The fourth-order valence-corrected chi connectivity index (χ4v) is 9.15. The molecule has 4 saturated carbocycles. The van der Waals surface area contributed by atoms with E-state index in [0.717, 1.165) is 19.3 Å². The number of ketones is 2. The second kappa shape index (κ2) is 7.87. The molecule has 5 fully saturated rings. The van der Waals surface area contributed by atoms with E-state index in [2.05, 4.69) is 6.92 Å². The van der Waals surface area contributed by atoms with Crippen molar-refractivity contribution in [3.8, 4) is 0 Å². The van der Waals surface area contributed by atoms with Crippen LogP contribution in [0.2, 0.25) is 0 Å². The molecule has 0 bridgehead atoms. The van der Waals surface area contributed by atoms with Crippen LogP contribution in [0, 0.1) is 34.5 Å². The highest BCUT2D eigenvalue weighted by Crippen LogP contribution is 2.81. The first-order chi connectivity index (χ1) is 16.4. The smallest absolute Gasteiger partial charge is 0.309 e. The van der Waals surface area contributed by atoms with Gasteiger partial charge >= 0.3 is 11.9 Å². The van der Waals surface area contributed by atoms with Crippen LogP contribution in [0.5, 0.6) is 0 Å². The minimum atomic E-state index is -0.783. The molecule has 10 atom stereocenters. The van der Waals surface area contributed by atoms with Crippen molar-refractivity contribution in [2.75, 3.05) is 0 Å². The Morgan fingerprint density at radius 3 is 2.43 bits per heavy atom. The fourth-order valence-electron chi connectivity index (χ4n) is 9.15. The summed E-state index contributed by atoms with van der Waals surface area (Å²) in [7, 11) is 0. The molecule has 0 aromatic carbocycles. The predicted octanol–water partition coefficient (Wildman–Crippen LogP) is 4.19. The molecule has 0 amide bonds. The maximum Gasteiger partial charge on any atom is 0.309 e. The largest absolute Gasteiger partial charge is 0.458 e. The van der Waals surface area contributed by atoms with E-state index in [1.54, 1.807) is 6.92 Å². The Balaban J connectivity index is 1.68. The second-order valence-corrected chi connectivity index (χ2v) is 12.5. The monoisotopic (exact) mass is 488 g/mol. The molecule has 1 aliphatic heterocycles. The Hall–Kier alpha value is -1.76. The molecule has 0 aromatic rings. The van der Waals surface area contributed by atoms with E-state index in [1.807, 2.05) is 20.8 Å². The summed E-state index contributed by atoms with van der Waals surface area (Å²) in [4.78, 5) is 51.1. The summed E-state index contributed by atoms with van der Waals surface area (Å²) in [6, 6.07) is 0. The molecule has 1 heterocycles. The lowest BCUT2D eigenvalue weighted by Crippen LogP contribution is -2.70. The molecule has 5 aliphatic rings. The molecular formula is C28H40O7. The van der Waals surface area contributed by atoms with Crippen LogP contribution in [0.25, 0.3) is 0 Å². The Bertz CT molecular complexity index is 974. The number of hydrogen-bond donors (Lipinski definition) is 0. The van der Waals surface area contributed by atoms with Gasteiger partial charge in [-0.15, -0.1) is 0 Å². The van der Waals surface area contributed by atoms with Crippen LogP contribution >= 0.6 is 0 Å². The van der Waals surface area contributed by atoms with Crippen LogP contribution in [-0.4, -0.2) is 46.9 Å². The molecule has 0 N–H and O–H groups in total. The summed E-state index contributed by atoms with van der Waals surface area (Å²) in [6.07, 6.45) is 3.94. The van der Waals surface area contributed by atoms with Crippen LogP contribution in [0.4, 0.5) is 0 Å². The van der Waals surface area contributed by atoms with Gasteiger partial charge in [0.15, 0.2) is 0 Å². The van der Waals surface area contributed by atoms with E-state index in [4.69, 9.17) is 14.2 Å². The normalized spacial score (nSPS) is 48.5. The molecule has 5 rings (SSSR count). The molecule has 194 valence electrons. The molecule has 35 heavy (non-hydrogen) atoms. The first-order valence-corrected chi connectivity index (χ1v) is 13.5. The third kappa shape index (κ3) is 3.05. The number of esters is 2. The van der Waals surface area contributed by atoms with Gasteiger partial charge in [0.25, 0.3) is 0 Å². The highest BCUT2D eigenvalue weighted by Gasteiger charge is 2.91. The van der Waals surface area contributed by atoms with E-state index in [9.17, 15) is 19.2 Å². The van der Waals surface area contributed by atoms with E-state index in [1.165, 1.54) is 6.92 Å². The lowest BCUT2D eigenvalue weighted by atomic mass is 9.43. The minimum absolute atomic E-state index is 0.0563. The summed E-state index contributed by atoms with van der Waals surface area (Å²) in [6.45, 7) is 11.0. The highest BCUT2D eigenvalue weighted by molar-refractivity contribution is 5.81. The van der Waals surface area contributed by atoms with E-state index >= 15 is 0 Å². The number of rotatable bonds is 5. The first-order valence-electron chi connectivity index (χ1n) is 13.5. The van der Waals surface area contributed by atoms with Gasteiger partial charge in [-0.2, -0.15) is 0 Å². The van der Waals surface area contributed by atoms with Crippen molar-refractivity contribution in [3.05, 3.63) is 0 Å². The predicted molar refractivity (Wildman–Crippen MR) is 126 cm³/mol. The van der Waals surface area contributed by atoms with Crippen molar-refractivity contribution in [3.63, 3.8) is 0 Å². The van der Waals surface area contributed by atoms with Gasteiger partial charge in [0.05, 0.1) is 5.92 Å². The van der Waals surface area contributed by atoms with Gasteiger partial charge in [-0.3, -0.25) is 19.2 Å². The lowest BCUT2D eigenvalue weighted by molar-refractivity contribution is -0.223. The average Bonchev–Trinajstić information content (AvgIpc) is 3.34. The quantitative estimate of drug-likeness (QED) is 0.423. The molecule has 0 aromatic heterocycles. The summed E-state index contributed by atoms with van der Waals surface area (Å²) < 4.78 is 19.3. The zero-order valence-corrected chi connectivity index (χ0v) is 22.0. The molecule has 1 unspecified atom stereocenters. The molecule has 7 heteroatoms. The van der Waals surface area contributed by atoms with Crippen LogP contribution in [0.3, 0.4) is 0 Å². The number of Topliss-reactive ketones (excluding diaryl/α,β-unsaturated/α-hetero) is 2. The van der Waals surface area contributed by atoms with Crippen LogP contribution in [0.1, 0.15) is 92.9 Å². The number of epoxide rings is 1. The highest BCUT2D eigenvalue weighted by atomic mass is 16.7. The Morgan fingerprint density at radius 1 is 1.09 bits per heavy atom. The summed E-state index contributed by atoms with van der Waals surface area (Å²) in [5.74, 6) is -1.06. The van der Waals surface area contributed by atoms with Gasteiger partial charge in [0.1, 0.15) is 35.0 Å². The molecule has 4 aliphatic carbocycles. The van der Waals surface area contributed by atoms with Gasteiger partial charge in [-0.05, 0) is 56.8 Å². The third-order valence-corrected chi connectivity index (χ3v) is 11.1. The topological polar surface area (TPSA) is 99.3 Å². The zero-order chi connectivity index (χ0) is 25.6. The SMILES string of the molecule is CCC(C)C(=O)O[C@@H]1[C@@H](OC(C)=O)[C@]2(C)[C@H](C(C)=O)CC[C@@]23O[C@]32CC[C@H]3CC(=O)CC[C@]3(C)[C@@H]12. The second-order valence-electron chi connectivity index (χ2n) is 12.5. The Labute approximate surface area is 208 Å². The van der Waals surface area contributed by atoms with Crippen molar-refractivity contribution in [2.45, 2.75) is 116 Å². The van der Waals surface area contributed by atoms with Gasteiger partial charge in [-0.1, -0.05) is 27.7 Å². The Morgan fingerprint density at radius 2 is 1.80 bits per heavy atom. The van der Waals surface area contributed by atoms with Crippen molar-refractivity contribution in [1.82, 2.24) is 0 Å². The first kappa shape index (κ1) is 24.9. The van der Waals surface area contributed by atoms with Gasteiger partial charge < -0.3 is 14.2 Å². The Kier molecular flexibility index (Phi) is 5.60. The minimum Gasteiger partial charge on any atom is -0.458 e. The summed E-state index contributed by atoms with van der Waals surface area (Å²) >= 11 is 0. The van der Waals surface area contributed by atoms with E-state index in [0.29, 0.717) is 32.1 Å². The average molecular weight is 489 g/mol. The number of ether oxygens (including phenoxy) is 3. The zero-order valence-electron chi connectivity index (χ0n) is 22.0. The van der Waals surface area contributed by atoms with Crippen LogP contribution in [0.15, 0.2) is 0 Å². The van der Waals surface area contributed by atoms with E-state index in [-0.39, 0.29) is 46.6 Å². The number of carbonyl (C=O) groups excluding carboxylic acids is 4. The van der Waals surface area contributed by atoms with Crippen LogP contribution < -0.4 is 0 Å². The molecule has 2 spiro atoms.